The maximum Gasteiger partial charge on any atom is 0.218 e. The van der Waals surface area contributed by atoms with Crippen LogP contribution in [0.3, 0.4) is 0 Å². The third-order valence-electron chi connectivity index (χ3n) is 2.49. The molecule has 1 aromatic heterocycles. The van der Waals surface area contributed by atoms with Crippen LogP contribution in [0.1, 0.15) is 31.5 Å². The van der Waals surface area contributed by atoms with Crippen molar-refractivity contribution in [1.82, 2.24) is 9.97 Å². The van der Waals surface area contributed by atoms with Crippen molar-refractivity contribution in [2.45, 2.75) is 25.7 Å². The lowest BCUT2D eigenvalue weighted by Crippen LogP contribution is -2.12. The van der Waals surface area contributed by atoms with Gasteiger partial charge in [0.1, 0.15) is 18.2 Å². The Morgan fingerprint density at radius 1 is 1.41 bits per heavy atom. The van der Waals surface area contributed by atoms with Gasteiger partial charge in [-0.1, -0.05) is 0 Å². The topological polar surface area (TPSA) is 82.3 Å². The van der Waals surface area contributed by atoms with Crippen LogP contribution < -0.4 is 16.0 Å². The van der Waals surface area contributed by atoms with E-state index in [4.69, 9.17) is 15.3 Å². The van der Waals surface area contributed by atoms with E-state index in [9.17, 15) is 0 Å². The van der Waals surface area contributed by atoms with Crippen molar-refractivity contribution in [3.05, 3.63) is 11.9 Å². The first-order chi connectivity index (χ1) is 8.33. The van der Waals surface area contributed by atoms with Gasteiger partial charge in [-0.15, -0.1) is 0 Å². The van der Waals surface area contributed by atoms with Gasteiger partial charge in [-0.05, 0) is 19.8 Å². The second kappa shape index (κ2) is 5.79. The number of hydrogen-bond donors (Lipinski definition) is 2. The van der Waals surface area contributed by atoms with Crippen LogP contribution in [0.2, 0.25) is 0 Å². The molecule has 1 saturated carbocycles. The third-order valence-corrected chi connectivity index (χ3v) is 2.49. The molecule has 6 heteroatoms. The van der Waals surface area contributed by atoms with Gasteiger partial charge in [0.05, 0.1) is 6.61 Å². The molecule has 0 bridgehead atoms. The van der Waals surface area contributed by atoms with E-state index in [1.807, 2.05) is 6.92 Å². The maximum atomic E-state index is 5.50. The number of hydrazine groups is 1. The van der Waals surface area contributed by atoms with Crippen LogP contribution in [-0.2, 0) is 4.74 Å². The first-order valence-corrected chi connectivity index (χ1v) is 5.89. The molecule has 0 spiro atoms. The minimum Gasteiger partial charge on any atom is -0.475 e. The zero-order chi connectivity index (χ0) is 12.1. The van der Waals surface area contributed by atoms with Gasteiger partial charge < -0.3 is 14.9 Å². The Morgan fingerprint density at radius 3 is 2.88 bits per heavy atom. The number of ether oxygens (including phenoxy) is 2. The van der Waals surface area contributed by atoms with Gasteiger partial charge in [0.25, 0.3) is 0 Å². The average Bonchev–Trinajstić information content (AvgIpc) is 3.18. The van der Waals surface area contributed by atoms with Crippen molar-refractivity contribution in [1.29, 1.82) is 0 Å². The van der Waals surface area contributed by atoms with Gasteiger partial charge in [-0.3, -0.25) is 0 Å². The molecule has 17 heavy (non-hydrogen) atoms. The molecule has 1 fully saturated rings. The molecule has 3 N–H and O–H groups in total. The van der Waals surface area contributed by atoms with Crippen molar-refractivity contribution in [2.24, 2.45) is 5.84 Å². The summed E-state index contributed by atoms with van der Waals surface area (Å²) in [5, 5.41) is 0. The van der Waals surface area contributed by atoms with E-state index in [1.165, 1.54) is 0 Å². The lowest BCUT2D eigenvalue weighted by Gasteiger charge is -2.08. The third kappa shape index (κ3) is 3.54. The summed E-state index contributed by atoms with van der Waals surface area (Å²) in [6.45, 7) is 3.69. The van der Waals surface area contributed by atoms with E-state index in [2.05, 4.69) is 15.4 Å². The highest BCUT2D eigenvalue weighted by molar-refractivity contribution is 5.38. The first-order valence-electron chi connectivity index (χ1n) is 5.89. The second-order valence-electron chi connectivity index (χ2n) is 3.91. The molecule has 0 radical (unpaired) electrons. The average molecular weight is 238 g/mol. The molecule has 94 valence electrons. The molecule has 0 aliphatic heterocycles. The maximum absolute atomic E-state index is 5.50. The lowest BCUT2D eigenvalue weighted by molar-refractivity contribution is 0.108. The normalized spacial score (nSPS) is 14.7. The number of nitrogen functional groups attached to an aromatic ring is 1. The summed E-state index contributed by atoms with van der Waals surface area (Å²) in [6.07, 6.45) is 2.29. The van der Waals surface area contributed by atoms with E-state index in [1.54, 1.807) is 6.07 Å². The van der Waals surface area contributed by atoms with Gasteiger partial charge >= 0.3 is 0 Å². The van der Waals surface area contributed by atoms with Crippen LogP contribution in [0.4, 0.5) is 5.82 Å². The molecular weight excluding hydrogens is 220 g/mol. The molecule has 1 aliphatic rings. The summed E-state index contributed by atoms with van der Waals surface area (Å²) in [4.78, 5) is 8.66. The monoisotopic (exact) mass is 238 g/mol. The van der Waals surface area contributed by atoms with E-state index in [0.29, 0.717) is 37.4 Å². The van der Waals surface area contributed by atoms with E-state index < -0.39 is 0 Å². The van der Waals surface area contributed by atoms with Crippen molar-refractivity contribution in [3.63, 3.8) is 0 Å². The molecule has 0 amide bonds. The van der Waals surface area contributed by atoms with Crippen LogP contribution in [0, 0.1) is 0 Å². The molecule has 0 aromatic carbocycles. The fourth-order valence-corrected chi connectivity index (χ4v) is 1.46. The molecule has 0 atom stereocenters. The molecule has 1 aromatic rings. The quantitative estimate of drug-likeness (QED) is 0.420. The van der Waals surface area contributed by atoms with Crippen LogP contribution in [0.15, 0.2) is 6.07 Å². The molecule has 6 nitrogen and oxygen atoms in total. The van der Waals surface area contributed by atoms with Gasteiger partial charge in [-0.25, -0.2) is 10.8 Å². The number of nitrogens with one attached hydrogen (secondary N) is 1. The molecule has 1 heterocycles. The van der Waals surface area contributed by atoms with E-state index in [0.717, 1.165) is 18.7 Å². The van der Waals surface area contributed by atoms with Crippen LogP contribution >= 0.6 is 0 Å². The van der Waals surface area contributed by atoms with E-state index in [-0.39, 0.29) is 0 Å². The zero-order valence-corrected chi connectivity index (χ0v) is 9.98. The summed E-state index contributed by atoms with van der Waals surface area (Å²) in [5.41, 5.74) is 2.53. The standard InChI is InChI=1S/C11H18N4O2/c1-2-16-5-6-17-10-7-9(15-12)13-11(14-10)8-3-4-8/h7-8H,2-6,12H2,1H3,(H,13,14,15). The van der Waals surface area contributed by atoms with Crippen molar-refractivity contribution in [2.75, 3.05) is 25.2 Å². The first kappa shape index (κ1) is 12.1. The molecule has 2 rings (SSSR count). The number of nitrogens with zero attached hydrogens (tertiary/aromatic N) is 2. The minimum absolute atomic E-state index is 0.470. The summed E-state index contributed by atoms with van der Waals surface area (Å²) < 4.78 is 10.7. The Morgan fingerprint density at radius 2 is 2.24 bits per heavy atom. The number of hydrogen-bond acceptors (Lipinski definition) is 6. The predicted molar refractivity (Wildman–Crippen MR) is 63.8 cm³/mol. The molecule has 0 unspecified atom stereocenters. The minimum atomic E-state index is 0.470. The summed E-state index contributed by atoms with van der Waals surface area (Å²) >= 11 is 0. The van der Waals surface area contributed by atoms with Gasteiger partial charge in [0.2, 0.25) is 5.88 Å². The SMILES string of the molecule is CCOCCOc1cc(NN)nc(C2CC2)n1. The molecule has 0 saturated heterocycles. The Kier molecular flexibility index (Phi) is 4.11. The van der Waals surface area contributed by atoms with Crippen LogP contribution in [-0.4, -0.2) is 29.8 Å². The lowest BCUT2D eigenvalue weighted by atomic mass is 10.4. The highest BCUT2D eigenvalue weighted by Gasteiger charge is 2.27. The van der Waals surface area contributed by atoms with Crippen molar-refractivity contribution >= 4 is 5.82 Å². The van der Waals surface area contributed by atoms with Crippen molar-refractivity contribution < 1.29 is 9.47 Å². The van der Waals surface area contributed by atoms with Crippen LogP contribution in [0.25, 0.3) is 0 Å². The Labute approximate surface area is 101 Å². The zero-order valence-electron chi connectivity index (χ0n) is 9.98. The Balaban J connectivity index is 1.97. The van der Waals surface area contributed by atoms with Gasteiger partial charge in [0.15, 0.2) is 0 Å². The van der Waals surface area contributed by atoms with E-state index >= 15 is 0 Å². The summed E-state index contributed by atoms with van der Waals surface area (Å²) in [6, 6.07) is 1.69. The van der Waals surface area contributed by atoms with Crippen LogP contribution in [0.5, 0.6) is 5.88 Å². The van der Waals surface area contributed by atoms with Crippen molar-refractivity contribution in [3.8, 4) is 5.88 Å². The number of nitrogens with two attached hydrogens (primary N) is 1. The number of anilines is 1. The largest absolute Gasteiger partial charge is 0.475 e. The fourth-order valence-electron chi connectivity index (χ4n) is 1.46. The number of rotatable bonds is 7. The predicted octanol–water partition coefficient (Wildman–Crippen LogP) is 1.05. The van der Waals surface area contributed by atoms with Gasteiger partial charge in [-0.2, -0.15) is 4.98 Å². The second-order valence-corrected chi connectivity index (χ2v) is 3.91. The molecule has 1 aliphatic carbocycles. The summed E-state index contributed by atoms with van der Waals surface area (Å²) in [5.74, 6) is 7.79. The molecular formula is C11H18N4O2. The van der Waals surface area contributed by atoms with Gasteiger partial charge in [0, 0.05) is 18.6 Å². The smallest absolute Gasteiger partial charge is 0.218 e. The Bertz CT molecular complexity index is 368. The summed E-state index contributed by atoms with van der Waals surface area (Å²) in [7, 11) is 0. The Hall–Kier alpha value is -1.40. The fraction of sp³-hybridized carbons (Fsp3) is 0.636. The highest BCUT2D eigenvalue weighted by Crippen LogP contribution is 2.38. The number of aromatic nitrogens is 2. The highest BCUT2D eigenvalue weighted by atomic mass is 16.5.